The molecular weight excluding hydrogens is 226 g/mol. The van der Waals surface area contributed by atoms with Gasteiger partial charge in [-0.15, -0.1) is 0 Å². The molecule has 1 aliphatic heterocycles. The maximum absolute atomic E-state index is 3.52. The zero-order chi connectivity index (χ0) is 11.3. The van der Waals surface area contributed by atoms with Gasteiger partial charge in [0.2, 0.25) is 0 Å². The first-order chi connectivity index (χ1) is 8.31. The Balaban J connectivity index is 1.42. The molecule has 5 aliphatic rings. The van der Waals surface area contributed by atoms with Crippen molar-refractivity contribution in [2.75, 3.05) is 18.8 Å². The quantitative estimate of drug-likeness (QED) is 0.826. The van der Waals surface area contributed by atoms with Crippen molar-refractivity contribution < 1.29 is 0 Å². The van der Waals surface area contributed by atoms with Gasteiger partial charge < -0.3 is 5.32 Å². The lowest BCUT2D eigenvalue weighted by Crippen LogP contribution is -2.48. The first kappa shape index (κ1) is 11.2. The third-order valence-electron chi connectivity index (χ3n) is 5.77. The van der Waals surface area contributed by atoms with Crippen LogP contribution in [0.25, 0.3) is 0 Å². The van der Waals surface area contributed by atoms with Crippen molar-refractivity contribution in [1.29, 1.82) is 0 Å². The fourth-order valence-corrected chi connectivity index (χ4v) is 7.29. The van der Waals surface area contributed by atoms with Crippen molar-refractivity contribution in [3.05, 3.63) is 0 Å². The lowest BCUT2D eigenvalue weighted by molar-refractivity contribution is 0.0383. The third-order valence-corrected chi connectivity index (χ3v) is 7.52. The first-order valence-electron chi connectivity index (χ1n) is 7.66. The van der Waals surface area contributed by atoms with Gasteiger partial charge >= 0.3 is 0 Å². The van der Waals surface area contributed by atoms with Gasteiger partial charge in [0.05, 0.1) is 0 Å². The molecule has 2 heteroatoms. The van der Waals surface area contributed by atoms with E-state index < -0.39 is 0 Å². The molecule has 1 unspecified atom stereocenters. The second-order valence-electron chi connectivity index (χ2n) is 7.27. The van der Waals surface area contributed by atoms with E-state index in [0.29, 0.717) is 0 Å². The van der Waals surface area contributed by atoms with Crippen molar-refractivity contribution >= 4 is 11.8 Å². The van der Waals surface area contributed by atoms with Gasteiger partial charge in [-0.05, 0) is 87.5 Å². The minimum absolute atomic E-state index is 0.747. The van der Waals surface area contributed by atoms with E-state index in [1.807, 2.05) is 0 Å². The number of hydrogen-bond acceptors (Lipinski definition) is 2. The summed E-state index contributed by atoms with van der Waals surface area (Å²) in [5.41, 5.74) is 0. The molecule has 1 saturated heterocycles. The molecule has 1 N–H and O–H groups in total. The predicted molar refractivity (Wildman–Crippen MR) is 74.3 cm³/mol. The minimum atomic E-state index is 0.747. The highest BCUT2D eigenvalue weighted by Crippen LogP contribution is 2.60. The number of hydrogen-bond donors (Lipinski definition) is 1. The molecule has 0 aromatic carbocycles. The highest BCUT2D eigenvalue weighted by atomic mass is 32.2. The summed E-state index contributed by atoms with van der Waals surface area (Å²) < 4.78 is 0.747. The predicted octanol–water partition coefficient (Wildman–Crippen LogP) is 3.30. The average molecular weight is 251 g/mol. The van der Waals surface area contributed by atoms with E-state index >= 15 is 0 Å². The molecular formula is C15H25NS. The normalized spacial score (nSPS) is 52.2. The molecule has 0 spiro atoms. The molecule has 4 aliphatic carbocycles. The van der Waals surface area contributed by atoms with Crippen molar-refractivity contribution in [2.24, 2.45) is 23.7 Å². The Kier molecular flexibility index (Phi) is 2.73. The molecule has 4 saturated carbocycles. The van der Waals surface area contributed by atoms with Gasteiger partial charge in [-0.3, -0.25) is 0 Å². The standard InChI is InChI=1S/C15H25NS/c1-2-16-9-11(1)10-17-15-6-12-3-13(7-15)5-14(4-12)8-15/h11-14,16H,1-10H2. The Morgan fingerprint density at radius 1 is 1.00 bits per heavy atom. The molecule has 5 fully saturated rings. The van der Waals surface area contributed by atoms with Crippen LogP contribution < -0.4 is 5.32 Å². The summed E-state index contributed by atoms with van der Waals surface area (Å²) in [6, 6.07) is 0. The van der Waals surface area contributed by atoms with E-state index in [4.69, 9.17) is 0 Å². The Morgan fingerprint density at radius 2 is 1.65 bits per heavy atom. The maximum atomic E-state index is 3.52. The van der Waals surface area contributed by atoms with Crippen LogP contribution in [0, 0.1) is 23.7 Å². The molecule has 4 bridgehead atoms. The molecule has 17 heavy (non-hydrogen) atoms. The fraction of sp³-hybridized carbons (Fsp3) is 1.00. The second-order valence-corrected chi connectivity index (χ2v) is 8.76. The summed E-state index contributed by atoms with van der Waals surface area (Å²) in [6.07, 6.45) is 10.9. The van der Waals surface area contributed by atoms with Gasteiger partial charge in [0.25, 0.3) is 0 Å². The van der Waals surface area contributed by atoms with Crippen LogP contribution in [0.2, 0.25) is 0 Å². The lowest BCUT2D eigenvalue weighted by Gasteiger charge is -2.56. The van der Waals surface area contributed by atoms with Gasteiger partial charge in [-0.1, -0.05) is 0 Å². The molecule has 5 rings (SSSR count). The zero-order valence-electron chi connectivity index (χ0n) is 10.8. The van der Waals surface area contributed by atoms with Crippen LogP contribution >= 0.6 is 11.8 Å². The smallest absolute Gasteiger partial charge is 0.0168 e. The number of nitrogens with one attached hydrogen (secondary N) is 1. The summed E-state index contributed by atoms with van der Waals surface area (Å²) in [6.45, 7) is 2.56. The highest BCUT2D eigenvalue weighted by molar-refractivity contribution is 8.00. The maximum Gasteiger partial charge on any atom is 0.0168 e. The van der Waals surface area contributed by atoms with Crippen LogP contribution in [0.15, 0.2) is 0 Å². The van der Waals surface area contributed by atoms with Crippen molar-refractivity contribution in [3.63, 3.8) is 0 Å². The van der Waals surface area contributed by atoms with Crippen LogP contribution in [0.5, 0.6) is 0 Å². The molecule has 0 amide bonds. The van der Waals surface area contributed by atoms with E-state index in [0.717, 1.165) is 28.4 Å². The molecule has 1 heterocycles. The van der Waals surface area contributed by atoms with Gasteiger partial charge in [0.1, 0.15) is 0 Å². The average Bonchev–Trinajstić information content (AvgIpc) is 2.77. The van der Waals surface area contributed by atoms with Crippen molar-refractivity contribution in [3.8, 4) is 0 Å². The van der Waals surface area contributed by atoms with Crippen LogP contribution in [0.3, 0.4) is 0 Å². The first-order valence-corrected chi connectivity index (χ1v) is 8.65. The number of rotatable bonds is 3. The van der Waals surface area contributed by atoms with Crippen LogP contribution in [-0.4, -0.2) is 23.6 Å². The van der Waals surface area contributed by atoms with Crippen LogP contribution in [-0.2, 0) is 0 Å². The lowest BCUT2D eigenvalue weighted by atomic mass is 9.56. The third kappa shape index (κ3) is 2.06. The Hall–Kier alpha value is 0.310. The van der Waals surface area contributed by atoms with E-state index in [1.165, 1.54) is 25.3 Å². The molecule has 1 atom stereocenters. The SMILES string of the molecule is C1CC(CSC23CC4CC(CC(C4)C2)C3)CN1. The van der Waals surface area contributed by atoms with Gasteiger partial charge in [0, 0.05) is 4.75 Å². The fourth-order valence-electron chi connectivity index (χ4n) is 5.36. The molecule has 0 aromatic rings. The summed E-state index contributed by atoms with van der Waals surface area (Å²) in [4.78, 5) is 0. The van der Waals surface area contributed by atoms with E-state index in [2.05, 4.69) is 17.1 Å². The largest absolute Gasteiger partial charge is 0.316 e. The topological polar surface area (TPSA) is 12.0 Å². The highest BCUT2D eigenvalue weighted by Gasteiger charge is 2.51. The van der Waals surface area contributed by atoms with Gasteiger partial charge in [-0.25, -0.2) is 0 Å². The number of thioether (sulfide) groups is 1. The Morgan fingerprint density at radius 3 is 2.18 bits per heavy atom. The van der Waals surface area contributed by atoms with Crippen molar-refractivity contribution in [2.45, 2.75) is 49.7 Å². The van der Waals surface area contributed by atoms with Crippen molar-refractivity contribution in [1.82, 2.24) is 5.32 Å². The summed E-state index contributed by atoms with van der Waals surface area (Å²) in [7, 11) is 0. The van der Waals surface area contributed by atoms with Crippen LogP contribution in [0.1, 0.15) is 44.9 Å². The summed E-state index contributed by atoms with van der Waals surface area (Å²) in [5, 5.41) is 3.52. The minimum Gasteiger partial charge on any atom is -0.316 e. The molecule has 1 nitrogen and oxygen atoms in total. The Bertz CT molecular complexity index is 260. The monoisotopic (exact) mass is 251 g/mol. The summed E-state index contributed by atoms with van der Waals surface area (Å²) in [5.74, 6) is 5.79. The molecule has 0 radical (unpaired) electrons. The zero-order valence-corrected chi connectivity index (χ0v) is 11.6. The van der Waals surface area contributed by atoms with E-state index in [9.17, 15) is 0 Å². The second kappa shape index (κ2) is 4.16. The summed E-state index contributed by atoms with van der Waals surface area (Å²) >= 11 is 2.39. The van der Waals surface area contributed by atoms with Gasteiger partial charge in [0.15, 0.2) is 0 Å². The molecule has 0 aromatic heterocycles. The van der Waals surface area contributed by atoms with E-state index in [-0.39, 0.29) is 0 Å². The van der Waals surface area contributed by atoms with E-state index in [1.54, 1.807) is 38.5 Å². The molecule has 96 valence electrons. The van der Waals surface area contributed by atoms with Gasteiger partial charge in [-0.2, -0.15) is 11.8 Å². The Labute approximate surface area is 109 Å². The van der Waals surface area contributed by atoms with Crippen LogP contribution in [0.4, 0.5) is 0 Å².